The molecule has 3 heterocycles. The first kappa shape index (κ1) is 14.0. The Balaban J connectivity index is 2.58. The molecule has 0 amide bonds. The molecule has 22 heavy (non-hydrogen) atoms. The van der Waals surface area contributed by atoms with Gasteiger partial charge in [0.25, 0.3) is 5.56 Å². The van der Waals surface area contributed by atoms with Gasteiger partial charge in [-0.3, -0.25) is 14.6 Å². The van der Waals surface area contributed by atoms with Crippen molar-refractivity contribution < 1.29 is 5.11 Å². The normalized spacial score (nSPS) is 11.0. The second-order valence-corrected chi connectivity index (χ2v) is 4.98. The number of aromatic nitrogens is 3. The van der Waals surface area contributed by atoms with Crippen molar-refractivity contribution in [3.63, 3.8) is 0 Å². The molecular weight excluding hydrogens is 282 g/mol. The molecule has 0 bridgehead atoms. The predicted molar refractivity (Wildman–Crippen MR) is 79.4 cm³/mol. The van der Waals surface area contributed by atoms with E-state index in [-0.39, 0.29) is 35.1 Å². The second kappa shape index (κ2) is 5.09. The highest BCUT2D eigenvalue weighted by Gasteiger charge is 2.12. The van der Waals surface area contributed by atoms with Crippen LogP contribution >= 0.6 is 0 Å². The van der Waals surface area contributed by atoms with E-state index in [2.05, 4.69) is 4.98 Å². The van der Waals surface area contributed by atoms with Crippen molar-refractivity contribution in [3.05, 3.63) is 51.4 Å². The maximum absolute atomic E-state index is 12.7. The van der Waals surface area contributed by atoms with Gasteiger partial charge in [-0.25, -0.2) is 4.98 Å². The van der Waals surface area contributed by atoms with Crippen LogP contribution in [0.3, 0.4) is 0 Å². The summed E-state index contributed by atoms with van der Waals surface area (Å²) in [5.41, 5.74) is 1.38. The Morgan fingerprint density at radius 1 is 1.45 bits per heavy atom. The fraction of sp³-hybridized carbons (Fsp3) is 0.200. The van der Waals surface area contributed by atoms with E-state index in [9.17, 15) is 9.90 Å². The summed E-state index contributed by atoms with van der Waals surface area (Å²) in [6.07, 6.45) is 1.68. The number of nitrogens with one attached hydrogen (secondary N) is 1. The van der Waals surface area contributed by atoms with Gasteiger partial charge in [0, 0.05) is 12.7 Å². The lowest BCUT2D eigenvalue weighted by Crippen LogP contribution is -2.28. The summed E-state index contributed by atoms with van der Waals surface area (Å²) in [6.45, 7) is 1.75. The number of pyridine rings is 2. The maximum atomic E-state index is 12.7. The average molecular weight is 295 g/mol. The molecule has 0 atom stereocenters. The average Bonchev–Trinajstić information content (AvgIpc) is 2.51. The number of hydrogen-bond acceptors (Lipinski definition) is 5. The van der Waals surface area contributed by atoms with Crippen LogP contribution in [-0.4, -0.2) is 25.7 Å². The standard InChI is InChI=1S/C15H13N5O2/c1-9-2-3-12-18-14-11(15(22)20(12)8-9)6-10(7-16)13(17)19(14)4-5-21/h2-3,6,8,17,21H,4-5H2,1H3. The van der Waals surface area contributed by atoms with Gasteiger partial charge < -0.3 is 9.67 Å². The van der Waals surface area contributed by atoms with Gasteiger partial charge in [0.15, 0.2) is 0 Å². The number of nitrogens with zero attached hydrogens (tertiary/aromatic N) is 4. The molecule has 0 unspecified atom stereocenters. The van der Waals surface area contributed by atoms with Crippen molar-refractivity contribution >= 4 is 16.7 Å². The summed E-state index contributed by atoms with van der Waals surface area (Å²) in [7, 11) is 0. The van der Waals surface area contributed by atoms with Crippen molar-refractivity contribution in [2.24, 2.45) is 0 Å². The molecule has 0 aliphatic heterocycles. The summed E-state index contributed by atoms with van der Waals surface area (Å²) in [5.74, 6) is 0. The Labute approximate surface area is 124 Å². The number of hydrogen-bond donors (Lipinski definition) is 2. The van der Waals surface area contributed by atoms with Gasteiger partial charge in [-0.2, -0.15) is 5.26 Å². The molecule has 0 saturated heterocycles. The molecule has 3 aromatic rings. The molecule has 7 nitrogen and oxygen atoms in total. The summed E-state index contributed by atoms with van der Waals surface area (Å²) in [4.78, 5) is 17.1. The Bertz CT molecular complexity index is 1060. The fourth-order valence-electron chi connectivity index (χ4n) is 2.45. The largest absolute Gasteiger partial charge is 0.395 e. The van der Waals surface area contributed by atoms with Crippen molar-refractivity contribution in [3.8, 4) is 6.07 Å². The van der Waals surface area contributed by atoms with Gasteiger partial charge in [0.05, 0.1) is 17.6 Å². The first-order chi connectivity index (χ1) is 10.6. The smallest absolute Gasteiger partial charge is 0.267 e. The zero-order chi connectivity index (χ0) is 15.9. The molecule has 0 radical (unpaired) electrons. The van der Waals surface area contributed by atoms with Crippen LogP contribution in [0.2, 0.25) is 0 Å². The van der Waals surface area contributed by atoms with Crippen LogP contribution in [0.15, 0.2) is 29.2 Å². The highest BCUT2D eigenvalue weighted by Crippen LogP contribution is 2.10. The predicted octanol–water partition coefficient (Wildman–Crippen LogP) is 0.301. The first-order valence-corrected chi connectivity index (χ1v) is 6.69. The third-order valence-electron chi connectivity index (χ3n) is 3.50. The molecule has 0 spiro atoms. The summed E-state index contributed by atoms with van der Waals surface area (Å²) >= 11 is 0. The van der Waals surface area contributed by atoms with E-state index in [1.807, 2.05) is 19.1 Å². The number of nitriles is 1. The summed E-state index contributed by atoms with van der Waals surface area (Å²) in [6, 6.07) is 6.86. The highest BCUT2D eigenvalue weighted by atomic mass is 16.3. The SMILES string of the molecule is Cc1ccc2nc3c(cc(C#N)c(=N)n3CCO)c(=O)n2c1. The van der Waals surface area contributed by atoms with Crippen LogP contribution < -0.4 is 11.0 Å². The van der Waals surface area contributed by atoms with Crippen LogP contribution in [-0.2, 0) is 6.54 Å². The Kier molecular flexibility index (Phi) is 3.23. The molecule has 0 fully saturated rings. The molecule has 110 valence electrons. The number of fused-ring (bicyclic) bond motifs is 2. The molecule has 3 rings (SSSR count). The number of aliphatic hydroxyl groups excluding tert-OH is 1. The minimum Gasteiger partial charge on any atom is -0.395 e. The Morgan fingerprint density at radius 3 is 2.91 bits per heavy atom. The molecule has 0 saturated carbocycles. The van der Waals surface area contributed by atoms with Crippen molar-refractivity contribution in [1.82, 2.24) is 14.0 Å². The van der Waals surface area contributed by atoms with Gasteiger partial charge in [-0.1, -0.05) is 6.07 Å². The third kappa shape index (κ3) is 1.98. The minimum atomic E-state index is -0.299. The minimum absolute atomic E-state index is 0.0626. The number of aliphatic hydroxyl groups is 1. The number of rotatable bonds is 2. The van der Waals surface area contributed by atoms with E-state index in [4.69, 9.17) is 10.7 Å². The first-order valence-electron chi connectivity index (χ1n) is 6.69. The van der Waals surface area contributed by atoms with Crippen molar-refractivity contribution in [2.75, 3.05) is 6.61 Å². The summed E-state index contributed by atoms with van der Waals surface area (Å²) < 4.78 is 2.81. The van der Waals surface area contributed by atoms with E-state index in [1.165, 1.54) is 15.0 Å². The van der Waals surface area contributed by atoms with Crippen LogP contribution in [0.25, 0.3) is 16.7 Å². The van der Waals surface area contributed by atoms with E-state index >= 15 is 0 Å². The molecule has 2 N–H and O–H groups in total. The lowest BCUT2D eigenvalue weighted by Gasteiger charge is -2.11. The highest BCUT2D eigenvalue weighted by molar-refractivity contribution is 5.77. The van der Waals surface area contributed by atoms with Crippen molar-refractivity contribution in [2.45, 2.75) is 13.5 Å². The fourth-order valence-corrected chi connectivity index (χ4v) is 2.45. The van der Waals surface area contributed by atoms with E-state index in [1.54, 1.807) is 12.3 Å². The molecule has 7 heteroatoms. The zero-order valence-electron chi connectivity index (χ0n) is 11.9. The molecule has 0 aliphatic rings. The number of aryl methyl sites for hydroxylation is 1. The van der Waals surface area contributed by atoms with Crippen molar-refractivity contribution in [1.29, 1.82) is 10.7 Å². The van der Waals surface area contributed by atoms with Gasteiger partial charge in [-0.15, -0.1) is 0 Å². The zero-order valence-corrected chi connectivity index (χ0v) is 11.9. The lowest BCUT2D eigenvalue weighted by molar-refractivity contribution is 0.275. The van der Waals surface area contributed by atoms with Gasteiger partial charge >= 0.3 is 0 Å². The van der Waals surface area contributed by atoms with E-state index in [0.29, 0.717) is 11.3 Å². The Morgan fingerprint density at radius 2 is 2.23 bits per heavy atom. The van der Waals surface area contributed by atoms with Gasteiger partial charge in [-0.05, 0) is 24.6 Å². The quantitative estimate of drug-likeness (QED) is 0.663. The molecule has 0 aromatic carbocycles. The molecular formula is C15H13N5O2. The topological polar surface area (TPSA) is 107 Å². The van der Waals surface area contributed by atoms with Crippen LogP contribution in [0.4, 0.5) is 0 Å². The van der Waals surface area contributed by atoms with Gasteiger partial charge in [0.2, 0.25) is 0 Å². The third-order valence-corrected chi connectivity index (χ3v) is 3.50. The van der Waals surface area contributed by atoms with Crippen LogP contribution in [0.1, 0.15) is 11.1 Å². The lowest BCUT2D eigenvalue weighted by atomic mass is 10.2. The Hall–Kier alpha value is -2.98. The van der Waals surface area contributed by atoms with Crippen LogP contribution in [0.5, 0.6) is 0 Å². The van der Waals surface area contributed by atoms with Crippen LogP contribution in [0, 0.1) is 23.7 Å². The molecule has 3 aromatic heterocycles. The second-order valence-electron chi connectivity index (χ2n) is 4.98. The molecule has 0 aliphatic carbocycles. The van der Waals surface area contributed by atoms with E-state index < -0.39 is 0 Å². The van der Waals surface area contributed by atoms with E-state index in [0.717, 1.165) is 5.56 Å². The van der Waals surface area contributed by atoms with Gasteiger partial charge in [0.1, 0.15) is 22.9 Å². The maximum Gasteiger partial charge on any atom is 0.267 e. The monoisotopic (exact) mass is 295 g/mol. The summed E-state index contributed by atoms with van der Waals surface area (Å²) in [5, 5.41) is 26.6.